The summed E-state index contributed by atoms with van der Waals surface area (Å²) >= 11 is 1.54. The summed E-state index contributed by atoms with van der Waals surface area (Å²) < 4.78 is 0. The van der Waals surface area contributed by atoms with Gasteiger partial charge in [0.1, 0.15) is 0 Å². The van der Waals surface area contributed by atoms with Crippen LogP contribution < -0.4 is 5.73 Å². The van der Waals surface area contributed by atoms with Crippen LogP contribution in [-0.4, -0.2) is 59.2 Å². The minimum Gasteiger partial charge on any atom is -0.395 e. The molecule has 1 fully saturated rings. The van der Waals surface area contributed by atoms with Crippen LogP contribution in [0.15, 0.2) is 6.20 Å². The van der Waals surface area contributed by atoms with Crippen molar-refractivity contribution in [3.63, 3.8) is 0 Å². The number of hydrogen-bond donors (Lipinski definition) is 2. The van der Waals surface area contributed by atoms with Gasteiger partial charge < -0.3 is 15.7 Å². The molecule has 1 aromatic rings. The molecule has 3 N–H and O–H groups in total. The third kappa shape index (κ3) is 4.89. The van der Waals surface area contributed by atoms with Crippen LogP contribution in [0.3, 0.4) is 0 Å². The lowest BCUT2D eigenvalue weighted by Crippen LogP contribution is -2.44. The maximum absolute atomic E-state index is 9.21. The van der Waals surface area contributed by atoms with E-state index in [-0.39, 0.29) is 19.0 Å². The van der Waals surface area contributed by atoms with Crippen LogP contribution in [0.5, 0.6) is 0 Å². The Morgan fingerprint density at radius 2 is 2.21 bits per heavy atom. The van der Waals surface area contributed by atoms with Gasteiger partial charge in [0.05, 0.1) is 6.61 Å². The number of nitrogens with two attached hydrogens (primary N) is 1. The second kappa shape index (κ2) is 8.01. The van der Waals surface area contributed by atoms with Gasteiger partial charge >= 0.3 is 0 Å². The molecule has 2 rings (SSSR count). The van der Waals surface area contributed by atoms with Crippen molar-refractivity contribution in [1.82, 2.24) is 14.8 Å². The fourth-order valence-electron chi connectivity index (χ4n) is 2.48. The Morgan fingerprint density at radius 1 is 1.53 bits per heavy atom. The third-order valence-electron chi connectivity index (χ3n) is 3.52. The first kappa shape index (κ1) is 16.7. The van der Waals surface area contributed by atoms with E-state index in [1.807, 2.05) is 6.20 Å². The predicted molar refractivity (Wildman–Crippen MR) is 81.8 cm³/mol. The number of nitrogens with zero attached hydrogens (tertiary/aromatic N) is 3. The largest absolute Gasteiger partial charge is 0.395 e. The lowest BCUT2D eigenvalue weighted by atomic mass is 10.0. The van der Waals surface area contributed by atoms with Gasteiger partial charge in [0.25, 0.3) is 0 Å². The molecule has 110 valence electrons. The molecule has 1 aromatic heterocycles. The molecule has 0 unspecified atom stereocenters. The van der Waals surface area contributed by atoms with Crippen molar-refractivity contribution in [3.8, 4) is 0 Å². The highest BCUT2D eigenvalue weighted by Crippen LogP contribution is 2.21. The van der Waals surface area contributed by atoms with Gasteiger partial charge in [-0.25, -0.2) is 4.98 Å². The highest BCUT2D eigenvalue weighted by Gasteiger charge is 2.23. The van der Waals surface area contributed by atoms with Gasteiger partial charge in [-0.15, -0.1) is 23.7 Å². The molecule has 0 aromatic carbocycles. The van der Waals surface area contributed by atoms with E-state index in [0.717, 1.165) is 26.2 Å². The fourth-order valence-corrected chi connectivity index (χ4v) is 3.19. The molecule has 7 heteroatoms. The van der Waals surface area contributed by atoms with Crippen LogP contribution in [0.4, 0.5) is 5.13 Å². The van der Waals surface area contributed by atoms with E-state index in [0.29, 0.717) is 11.2 Å². The standard InChI is InChI=1S/C12H22N4OS.ClH/c1-15-4-2-10(3-5-15)16(6-7-17)9-11-8-14-12(13)18-11;/h8,10,17H,2-7,9H2,1H3,(H2,13,14);1H. The van der Waals surface area contributed by atoms with Gasteiger partial charge in [-0.2, -0.15) is 0 Å². The molecule has 19 heavy (non-hydrogen) atoms. The zero-order valence-electron chi connectivity index (χ0n) is 11.3. The van der Waals surface area contributed by atoms with Crippen LogP contribution in [0.25, 0.3) is 0 Å². The Kier molecular flexibility index (Phi) is 7.02. The highest BCUT2D eigenvalue weighted by atomic mass is 35.5. The summed E-state index contributed by atoms with van der Waals surface area (Å²) in [7, 11) is 2.16. The number of aromatic nitrogens is 1. The van der Waals surface area contributed by atoms with Gasteiger partial charge in [-0.3, -0.25) is 4.90 Å². The van der Waals surface area contributed by atoms with E-state index in [1.54, 1.807) is 0 Å². The van der Waals surface area contributed by atoms with Crippen LogP contribution >= 0.6 is 23.7 Å². The Morgan fingerprint density at radius 3 is 2.74 bits per heavy atom. The van der Waals surface area contributed by atoms with Gasteiger partial charge in [0.15, 0.2) is 5.13 Å². The average Bonchev–Trinajstić information content (AvgIpc) is 2.75. The number of halogens is 1. The molecule has 0 atom stereocenters. The van der Waals surface area contributed by atoms with Crippen molar-refractivity contribution in [3.05, 3.63) is 11.1 Å². The van der Waals surface area contributed by atoms with E-state index in [4.69, 9.17) is 5.73 Å². The van der Waals surface area contributed by atoms with E-state index in [9.17, 15) is 5.11 Å². The molecule has 0 saturated carbocycles. The first-order valence-electron chi connectivity index (χ1n) is 6.42. The zero-order chi connectivity index (χ0) is 13.0. The van der Waals surface area contributed by atoms with Crippen LogP contribution in [0, 0.1) is 0 Å². The molecule has 1 saturated heterocycles. The Bertz CT molecular complexity index is 368. The van der Waals surface area contributed by atoms with Crippen molar-refractivity contribution in [2.45, 2.75) is 25.4 Å². The quantitative estimate of drug-likeness (QED) is 0.851. The normalized spacial score (nSPS) is 17.6. The number of nitrogen functional groups attached to an aromatic ring is 1. The maximum atomic E-state index is 9.21. The number of thiazole rings is 1. The Balaban J connectivity index is 0.00000180. The van der Waals surface area contributed by atoms with E-state index in [2.05, 4.69) is 21.8 Å². The van der Waals surface area contributed by atoms with E-state index < -0.39 is 0 Å². The van der Waals surface area contributed by atoms with Crippen LogP contribution in [0.1, 0.15) is 17.7 Å². The number of aliphatic hydroxyl groups excluding tert-OH is 1. The molecule has 0 radical (unpaired) electrons. The van der Waals surface area contributed by atoms with E-state index >= 15 is 0 Å². The number of aliphatic hydroxyl groups is 1. The Labute approximate surface area is 124 Å². The minimum absolute atomic E-state index is 0. The van der Waals surface area contributed by atoms with Gasteiger partial charge in [0.2, 0.25) is 0 Å². The third-order valence-corrected chi connectivity index (χ3v) is 4.33. The summed E-state index contributed by atoms with van der Waals surface area (Å²) in [5, 5.41) is 9.84. The van der Waals surface area contributed by atoms with Gasteiger partial charge in [-0.05, 0) is 33.0 Å². The second-order valence-electron chi connectivity index (χ2n) is 4.89. The minimum atomic E-state index is 0. The van der Waals surface area contributed by atoms with Crippen LogP contribution in [0.2, 0.25) is 0 Å². The second-order valence-corrected chi connectivity index (χ2v) is 6.04. The van der Waals surface area contributed by atoms with E-state index in [1.165, 1.54) is 29.1 Å². The Hall–Kier alpha value is -0.400. The summed E-state index contributed by atoms with van der Waals surface area (Å²) in [5.74, 6) is 0. The zero-order valence-corrected chi connectivity index (χ0v) is 12.9. The number of rotatable bonds is 5. The lowest BCUT2D eigenvalue weighted by Gasteiger charge is -2.36. The summed E-state index contributed by atoms with van der Waals surface area (Å²) in [5.41, 5.74) is 5.66. The summed E-state index contributed by atoms with van der Waals surface area (Å²) in [6.45, 7) is 4.06. The van der Waals surface area contributed by atoms with Crippen LogP contribution in [-0.2, 0) is 6.54 Å². The number of likely N-dealkylation sites (tertiary alicyclic amines) is 1. The molecule has 1 aliphatic rings. The molecule has 5 nitrogen and oxygen atoms in total. The SMILES string of the molecule is CN1CCC(N(CCO)Cc2cnc(N)s2)CC1.Cl. The average molecular weight is 307 g/mol. The topological polar surface area (TPSA) is 65.6 Å². The summed E-state index contributed by atoms with van der Waals surface area (Å²) in [6.07, 6.45) is 4.19. The van der Waals surface area contributed by atoms with Gasteiger partial charge in [-0.1, -0.05) is 0 Å². The molecule has 1 aliphatic heterocycles. The number of piperidine rings is 1. The fraction of sp³-hybridized carbons (Fsp3) is 0.750. The highest BCUT2D eigenvalue weighted by molar-refractivity contribution is 7.15. The molecular weight excluding hydrogens is 284 g/mol. The number of anilines is 1. The first-order valence-corrected chi connectivity index (χ1v) is 7.24. The summed E-state index contributed by atoms with van der Waals surface area (Å²) in [6, 6.07) is 0.566. The molecule has 0 aliphatic carbocycles. The maximum Gasteiger partial charge on any atom is 0.180 e. The molecule has 0 bridgehead atoms. The van der Waals surface area contributed by atoms with Crippen molar-refractivity contribution >= 4 is 28.9 Å². The van der Waals surface area contributed by atoms with Crippen molar-refractivity contribution in [2.75, 3.05) is 39.0 Å². The smallest absolute Gasteiger partial charge is 0.180 e. The molecule has 0 spiro atoms. The van der Waals surface area contributed by atoms with Gasteiger partial charge in [0, 0.05) is 30.2 Å². The van der Waals surface area contributed by atoms with Crippen molar-refractivity contribution < 1.29 is 5.11 Å². The molecular formula is C12H23ClN4OS. The molecule has 2 heterocycles. The first-order chi connectivity index (χ1) is 8.69. The monoisotopic (exact) mass is 306 g/mol. The lowest BCUT2D eigenvalue weighted by molar-refractivity contribution is 0.0949. The van der Waals surface area contributed by atoms with Crippen molar-refractivity contribution in [2.24, 2.45) is 0 Å². The summed E-state index contributed by atoms with van der Waals surface area (Å²) in [4.78, 5) is 9.99. The predicted octanol–water partition coefficient (Wildman–Crippen LogP) is 1.04. The number of hydrogen-bond acceptors (Lipinski definition) is 6. The molecule has 0 amide bonds. The van der Waals surface area contributed by atoms with Crippen molar-refractivity contribution in [1.29, 1.82) is 0 Å².